The minimum absolute atomic E-state index is 0.372. The third-order valence-corrected chi connectivity index (χ3v) is 10.5. The number of carbonyl (C=O) groups is 1. The molecule has 7 aromatic carbocycles. The van der Waals surface area contributed by atoms with Crippen LogP contribution in [-0.2, 0) is 9.53 Å². The fraction of sp³-hybridized carbons (Fsp3) is 0.100. The van der Waals surface area contributed by atoms with Crippen LogP contribution in [0.15, 0.2) is 187 Å². The van der Waals surface area contributed by atoms with Gasteiger partial charge < -0.3 is 14.6 Å². The number of thioether (sulfide) groups is 1. The molecule has 7 aromatic rings. The molecule has 0 amide bonds. The lowest BCUT2D eigenvalue weighted by atomic mass is 9.92. The van der Waals surface area contributed by atoms with E-state index in [4.69, 9.17) is 14.6 Å². The number of benzene rings is 7. The normalized spacial score (nSPS) is 10.8. The van der Waals surface area contributed by atoms with E-state index in [1.807, 2.05) is 44.2 Å². The Balaban J connectivity index is 1.20. The van der Waals surface area contributed by atoms with Crippen LogP contribution >= 0.6 is 11.8 Å². The summed E-state index contributed by atoms with van der Waals surface area (Å²) in [6.45, 7) is 4.10. The van der Waals surface area contributed by atoms with E-state index >= 15 is 0 Å². The molecular formula is C50H42O4S. The van der Waals surface area contributed by atoms with E-state index in [9.17, 15) is 4.79 Å². The molecule has 7 rings (SSSR count). The van der Waals surface area contributed by atoms with Crippen molar-refractivity contribution >= 4 is 23.3 Å². The first-order valence-electron chi connectivity index (χ1n) is 18.4. The van der Waals surface area contributed by atoms with Crippen LogP contribution in [0.3, 0.4) is 0 Å². The van der Waals surface area contributed by atoms with Crippen molar-refractivity contribution in [1.29, 1.82) is 0 Å². The monoisotopic (exact) mass is 738 g/mol. The average molecular weight is 739 g/mol. The van der Waals surface area contributed by atoms with E-state index in [0.29, 0.717) is 18.1 Å². The zero-order valence-electron chi connectivity index (χ0n) is 30.9. The topological polar surface area (TPSA) is 55.8 Å². The number of carboxylic acids is 1. The summed E-state index contributed by atoms with van der Waals surface area (Å²) in [6.07, 6.45) is 0. The minimum Gasteiger partial charge on any atom is -0.497 e. The second kappa shape index (κ2) is 17.7. The number of hydrogen-bond donors (Lipinski definition) is 1. The molecule has 0 unspecified atom stereocenters. The fourth-order valence-corrected chi connectivity index (χ4v) is 7.59. The zero-order valence-corrected chi connectivity index (χ0v) is 31.8. The van der Waals surface area contributed by atoms with E-state index in [2.05, 4.69) is 146 Å². The molecule has 1 N–H and O–H groups in total. The van der Waals surface area contributed by atoms with E-state index in [1.165, 1.54) is 22.3 Å². The van der Waals surface area contributed by atoms with Gasteiger partial charge in [0.25, 0.3) is 0 Å². The summed E-state index contributed by atoms with van der Waals surface area (Å²) < 4.78 is 11.9. The van der Waals surface area contributed by atoms with Crippen molar-refractivity contribution < 1.29 is 19.4 Å². The number of aryl methyl sites for hydroxylation is 1. The van der Waals surface area contributed by atoms with Crippen LogP contribution in [0.1, 0.15) is 23.6 Å². The van der Waals surface area contributed by atoms with Crippen LogP contribution in [-0.4, -0.2) is 30.0 Å². The molecule has 0 aliphatic heterocycles. The molecule has 0 saturated heterocycles. The van der Waals surface area contributed by atoms with E-state index in [-0.39, 0.29) is 6.61 Å². The van der Waals surface area contributed by atoms with Gasteiger partial charge >= 0.3 is 5.97 Å². The molecular weight excluding hydrogens is 697 g/mol. The Morgan fingerprint density at radius 3 is 1.33 bits per heavy atom. The highest BCUT2D eigenvalue weighted by Crippen LogP contribution is 2.36. The quantitative estimate of drug-likeness (QED) is 0.0889. The van der Waals surface area contributed by atoms with Crippen molar-refractivity contribution in [3.63, 3.8) is 0 Å². The molecule has 0 fully saturated rings. The van der Waals surface area contributed by atoms with Gasteiger partial charge in [-0.15, -0.1) is 11.8 Å². The molecule has 5 heteroatoms. The van der Waals surface area contributed by atoms with Gasteiger partial charge in [-0.05, 0) is 93.2 Å². The SMILES string of the molecule is CCOC(CSc1ccc(OCC(=O)O)c(C)c1)=C(c1ccc(-c2ccc(-c3ccccc3)cc2)cc1)c1ccc(-c2ccc(-c3ccccc3)cc2)cc1. The lowest BCUT2D eigenvalue weighted by Gasteiger charge is -2.18. The van der Waals surface area contributed by atoms with Gasteiger partial charge in [0, 0.05) is 10.5 Å². The van der Waals surface area contributed by atoms with E-state index < -0.39 is 5.97 Å². The van der Waals surface area contributed by atoms with Crippen molar-refractivity contribution in [2.45, 2.75) is 18.7 Å². The summed E-state index contributed by atoms with van der Waals surface area (Å²) in [5.41, 5.74) is 13.5. The van der Waals surface area contributed by atoms with Crippen LogP contribution in [0.25, 0.3) is 50.1 Å². The summed E-state index contributed by atoms with van der Waals surface area (Å²) in [7, 11) is 0. The lowest BCUT2D eigenvalue weighted by molar-refractivity contribution is -0.139. The van der Waals surface area contributed by atoms with Crippen molar-refractivity contribution in [1.82, 2.24) is 0 Å². The van der Waals surface area contributed by atoms with Crippen molar-refractivity contribution in [2.75, 3.05) is 19.0 Å². The van der Waals surface area contributed by atoms with Gasteiger partial charge in [-0.25, -0.2) is 4.79 Å². The molecule has 0 aliphatic rings. The Morgan fingerprint density at radius 2 is 0.945 bits per heavy atom. The molecule has 0 radical (unpaired) electrons. The van der Waals surface area contributed by atoms with Gasteiger partial charge in [0.05, 0.1) is 12.4 Å². The van der Waals surface area contributed by atoms with Crippen molar-refractivity contribution in [3.05, 3.63) is 198 Å². The summed E-state index contributed by atoms with van der Waals surface area (Å²) >= 11 is 1.68. The molecule has 0 atom stereocenters. The zero-order chi connectivity index (χ0) is 38.0. The molecule has 0 aromatic heterocycles. The maximum atomic E-state index is 11.0. The Hall–Kier alpha value is -6.30. The molecule has 0 aliphatic carbocycles. The molecule has 0 bridgehead atoms. The Labute approximate surface area is 327 Å². The highest BCUT2D eigenvalue weighted by Gasteiger charge is 2.16. The first-order valence-corrected chi connectivity index (χ1v) is 19.4. The highest BCUT2D eigenvalue weighted by molar-refractivity contribution is 7.99. The van der Waals surface area contributed by atoms with Crippen LogP contribution in [0, 0.1) is 6.92 Å². The summed E-state index contributed by atoms with van der Waals surface area (Å²) in [4.78, 5) is 12.1. The number of rotatable bonds is 14. The molecule has 272 valence electrons. The van der Waals surface area contributed by atoms with Crippen LogP contribution in [0.2, 0.25) is 0 Å². The molecule has 0 saturated carbocycles. The second-order valence-corrected chi connectivity index (χ2v) is 14.2. The maximum Gasteiger partial charge on any atom is 0.341 e. The van der Waals surface area contributed by atoms with E-state index in [0.717, 1.165) is 55.2 Å². The van der Waals surface area contributed by atoms with Crippen LogP contribution < -0.4 is 4.74 Å². The van der Waals surface area contributed by atoms with Crippen LogP contribution in [0.4, 0.5) is 0 Å². The van der Waals surface area contributed by atoms with Crippen LogP contribution in [0.5, 0.6) is 5.75 Å². The maximum absolute atomic E-state index is 11.0. The Kier molecular flexibility index (Phi) is 11.9. The minimum atomic E-state index is -1.00. The predicted molar refractivity (Wildman–Crippen MR) is 227 cm³/mol. The molecule has 0 heterocycles. The molecule has 0 spiro atoms. The summed E-state index contributed by atoms with van der Waals surface area (Å²) in [6, 6.07) is 61.6. The van der Waals surface area contributed by atoms with Crippen molar-refractivity contribution in [2.24, 2.45) is 0 Å². The molecule has 4 nitrogen and oxygen atoms in total. The number of ether oxygens (including phenoxy) is 2. The van der Waals surface area contributed by atoms with E-state index in [1.54, 1.807) is 11.8 Å². The smallest absolute Gasteiger partial charge is 0.341 e. The first kappa shape index (κ1) is 37.0. The van der Waals surface area contributed by atoms with Gasteiger partial charge in [-0.2, -0.15) is 0 Å². The van der Waals surface area contributed by atoms with Crippen molar-refractivity contribution in [3.8, 4) is 50.3 Å². The molecule has 55 heavy (non-hydrogen) atoms. The first-order chi connectivity index (χ1) is 26.9. The predicted octanol–water partition coefficient (Wildman–Crippen LogP) is 12.7. The highest BCUT2D eigenvalue weighted by atomic mass is 32.2. The Bertz CT molecular complexity index is 2240. The fourth-order valence-electron chi connectivity index (χ4n) is 6.64. The largest absolute Gasteiger partial charge is 0.497 e. The lowest BCUT2D eigenvalue weighted by Crippen LogP contribution is -2.10. The van der Waals surface area contributed by atoms with Gasteiger partial charge in [-0.1, -0.05) is 158 Å². The third-order valence-electron chi connectivity index (χ3n) is 9.46. The summed E-state index contributed by atoms with van der Waals surface area (Å²) in [5, 5.41) is 9.05. The van der Waals surface area contributed by atoms with Gasteiger partial charge in [0.1, 0.15) is 11.5 Å². The summed E-state index contributed by atoms with van der Waals surface area (Å²) in [5.74, 6) is 1.05. The van der Waals surface area contributed by atoms with Gasteiger partial charge in [0.15, 0.2) is 6.61 Å². The number of aliphatic carboxylic acids is 1. The Morgan fingerprint density at radius 1 is 0.545 bits per heavy atom. The number of carboxylic acid groups (broad SMARTS) is 1. The average Bonchev–Trinajstić information content (AvgIpc) is 3.24. The van der Waals surface area contributed by atoms with Gasteiger partial charge in [0.2, 0.25) is 0 Å². The number of hydrogen-bond acceptors (Lipinski definition) is 4. The third kappa shape index (κ3) is 9.26. The second-order valence-electron chi connectivity index (χ2n) is 13.2. The van der Waals surface area contributed by atoms with Gasteiger partial charge in [-0.3, -0.25) is 0 Å². The standard InChI is InChI=1S/C50H42O4S/c1-3-53-48(34-55-46-30-31-47(35(2)32-46)54-33-49(51)52)50(44-26-22-42(23-27-44)40-18-14-38(15-19-40)36-10-6-4-7-11-36)45-28-24-43(25-29-45)41-20-16-39(17-21-41)37-12-8-5-9-13-37/h4-32H,3,33-34H2,1-2H3,(H,51,52).